The molecule has 18 heavy (non-hydrogen) atoms. The highest BCUT2D eigenvalue weighted by atomic mass is 16.5. The molecule has 100 valence electrons. The highest BCUT2D eigenvalue weighted by Crippen LogP contribution is 2.26. The fourth-order valence-corrected chi connectivity index (χ4v) is 2.37. The molecule has 1 aliphatic rings. The first-order valence-electron chi connectivity index (χ1n) is 6.10. The minimum absolute atomic E-state index is 0.0164. The van der Waals surface area contributed by atoms with Crippen LogP contribution in [0.3, 0.4) is 0 Å². The van der Waals surface area contributed by atoms with E-state index < -0.39 is 12.2 Å². The van der Waals surface area contributed by atoms with Crippen LogP contribution >= 0.6 is 0 Å². The van der Waals surface area contributed by atoms with Crippen LogP contribution in [0.5, 0.6) is 5.75 Å². The molecule has 0 saturated carbocycles. The number of nitrogens with zero attached hydrogens (tertiary/aromatic N) is 1. The van der Waals surface area contributed by atoms with Gasteiger partial charge in [-0.1, -0.05) is 12.1 Å². The molecule has 4 N–H and O–H groups in total. The number of methoxy groups -OCH3 is 1. The molecule has 0 bridgehead atoms. The Labute approximate surface area is 107 Å². The van der Waals surface area contributed by atoms with E-state index in [0.717, 1.165) is 11.3 Å². The molecule has 0 aromatic heterocycles. The summed E-state index contributed by atoms with van der Waals surface area (Å²) in [7, 11) is 1.63. The largest absolute Gasteiger partial charge is 0.497 e. The second kappa shape index (κ2) is 5.67. The van der Waals surface area contributed by atoms with E-state index in [4.69, 9.17) is 10.5 Å². The lowest BCUT2D eigenvalue weighted by Crippen LogP contribution is -2.32. The van der Waals surface area contributed by atoms with Gasteiger partial charge in [0.05, 0.1) is 19.3 Å². The quantitative estimate of drug-likeness (QED) is 0.687. The van der Waals surface area contributed by atoms with Crippen LogP contribution in [0.2, 0.25) is 0 Å². The lowest BCUT2D eigenvalue weighted by atomic mass is 10.1. The van der Waals surface area contributed by atoms with E-state index in [9.17, 15) is 10.2 Å². The van der Waals surface area contributed by atoms with E-state index in [1.54, 1.807) is 7.11 Å². The lowest BCUT2D eigenvalue weighted by molar-refractivity contribution is 0.0572. The van der Waals surface area contributed by atoms with Crippen molar-refractivity contribution in [3.05, 3.63) is 29.8 Å². The molecule has 0 aliphatic carbocycles. The molecule has 2 rings (SSSR count). The van der Waals surface area contributed by atoms with Crippen molar-refractivity contribution in [2.24, 2.45) is 5.73 Å². The van der Waals surface area contributed by atoms with Crippen LogP contribution in [-0.2, 0) is 0 Å². The van der Waals surface area contributed by atoms with Gasteiger partial charge in [0.2, 0.25) is 0 Å². The van der Waals surface area contributed by atoms with Crippen LogP contribution < -0.4 is 10.5 Å². The Hall–Kier alpha value is -1.14. The molecule has 1 fully saturated rings. The second-order valence-electron chi connectivity index (χ2n) is 4.61. The van der Waals surface area contributed by atoms with Crippen LogP contribution in [0.4, 0.5) is 0 Å². The first kappa shape index (κ1) is 13.3. The normalized spacial score (nSPS) is 26.2. The highest BCUT2D eigenvalue weighted by molar-refractivity contribution is 5.29. The van der Waals surface area contributed by atoms with Crippen molar-refractivity contribution in [3.63, 3.8) is 0 Å². The van der Waals surface area contributed by atoms with E-state index >= 15 is 0 Å². The molecule has 1 aliphatic heterocycles. The van der Waals surface area contributed by atoms with Crippen molar-refractivity contribution >= 4 is 0 Å². The summed E-state index contributed by atoms with van der Waals surface area (Å²) >= 11 is 0. The number of benzene rings is 1. The van der Waals surface area contributed by atoms with Crippen LogP contribution in [0.25, 0.3) is 0 Å². The first-order chi connectivity index (χ1) is 8.65. The maximum atomic E-state index is 9.59. The number of hydrogen-bond acceptors (Lipinski definition) is 5. The van der Waals surface area contributed by atoms with Crippen molar-refractivity contribution in [2.75, 3.05) is 26.7 Å². The molecule has 5 heteroatoms. The molecule has 0 amide bonds. The van der Waals surface area contributed by atoms with Crippen LogP contribution in [-0.4, -0.2) is 54.1 Å². The van der Waals surface area contributed by atoms with E-state index in [1.807, 2.05) is 29.2 Å². The predicted octanol–water partition coefficient (Wildman–Crippen LogP) is -0.268. The van der Waals surface area contributed by atoms with Gasteiger partial charge in [0.1, 0.15) is 5.75 Å². The smallest absolute Gasteiger partial charge is 0.118 e. The van der Waals surface area contributed by atoms with Gasteiger partial charge in [0.15, 0.2) is 0 Å². The third kappa shape index (κ3) is 2.64. The number of likely N-dealkylation sites (tertiary alicyclic amines) is 1. The number of aliphatic hydroxyl groups excluding tert-OH is 2. The van der Waals surface area contributed by atoms with Gasteiger partial charge >= 0.3 is 0 Å². The Morgan fingerprint density at radius 3 is 2.28 bits per heavy atom. The standard InChI is InChI=1S/C13H20N2O3/c1-18-10-4-2-9(3-5-10)11(6-14)15-7-12(16)13(17)8-15/h2-5,11-13,16-17H,6-8,14H2,1H3. The van der Waals surface area contributed by atoms with E-state index in [1.165, 1.54) is 0 Å². The molecular weight excluding hydrogens is 232 g/mol. The van der Waals surface area contributed by atoms with Gasteiger partial charge in [0.25, 0.3) is 0 Å². The maximum absolute atomic E-state index is 9.59. The summed E-state index contributed by atoms with van der Waals surface area (Å²) in [5.74, 6) is 0.802. The number of aliphatic hydroxyl groups is 2. The summed E-state index contributed by atoms with van der Waals surface area (Å²) in [5, 5.41) is 19.2. The molecule has 1 saturated heterocycles. The molecule has 5 nitrogen and oxygen atoms in total. The molecule has 3 unspecified atom stereocenters. The maximum Gasteiger partial charge on any atom is 0.118 e. The zero-order chi connectivity index (χ0) is 13.1. The number of ether oxygens (including phenoxy) is 1. The van der Waals surface area contributed by atoms with Crippen molar-refractivity contribution in [1.29, 1.82) is 0 Å². The third-order valence-electron chi connectivity index (χ3n) is 3.45. The van der Waals surface area contributed by atoms with Gasteiger partial charge < -0.3 is 20.7 Å². The number of nitrogens with two attached hydrogens (primary N) is 1. The number of β-amino-alcohol motifs (C(OH)–C–C–N with tert-alkyl or cyclic N) is 2. The van der Waals surface area contributed by atoms with Crippen molar-refractivity contribution in [1.82, 2.24) is 4.90 Å². The zero-order valence-corrected chi connectivity index (χ0v) is 10.5. The number of hydrogen-bond donors (Lipinski definition) is 3. The van der Waals surface area contributed by atoms with Gasteiger partial charge in [-0.2, -0.15) is 0 Å². The first-order valence-corrected chi connectivity index (χ1v) is 6.10. The van der Waals surface area contributed by atoms with Gasteiger partial charge in [-0.3, -0.25) is 4.90 Å². The second-order valence-corrected chi connectivity index (χ2v) is 4.61. The fraction of sp³-hybridized carbons (Fsp3) is 0.538. The molecule has 1 aromatic carbocycles. The Balaban J connectivity index is 2.12. The van der Waals surface area contributed by atoms with Gasteiger partial charge in [-0.05, 0) is 17.7 Å². The third-order valence-corrected chi connectivity index (χ3v) is 3.45. The van der Waals surface area contributed by atoms with Crippen molar-refractivity contribution in [3.8, 4) is 5.75 Å². The topological polar surface area (TPSA) is 79.0 Å². The van der Waals surface area contributed by atoms with Gasteiger partial charge in [-0.25, -0.2) is 0 Å². The van der Waals surface area contributed by atoms with E-state index in [0.29, 0.717) is 19.6 Å². The summed E-state index contributed by atoms with van der Waals surface area (Å²) in [4.78, 5) is 2.01. The van der Waals surface area contributed by atoms with Crippen molar-refractivity contribution < 1.29 is 14.9 Å². The Morgan fingerprint density at radius 1 is 1.28 bits per heavy atom. The summed E-state index contributed by atoms with van der Waals surface area (Å²) in [6.45, 7) is 1.36. The van der Waals surface area contributed by atoms with Crippen molar-refractivity contribution in [2.45, 2.75) is 18.2 Å². The summed E-state index contributed by atoms with van der Waals surface area (Å²) in [6.07, 6.45) is -1.37. The minimum atomic E-state index is -0.683. The molecule has 1 heterocycles. The molecule has 3 atom stereocenters. The van der Waals surface area contributed by atoms with Crippen LogP contribution in [0.1, 0.15) is 11.6 Å². The highest BCUT2D eigenvalue weighted by Gasteiger charge is 2.33. The van der Waals surface area contributed by atoms with Gasteiger partial charge in [0, 0.05) is 25.7 Å². The average Bonchev–Trinajstić information content (AvgIpc) is 2.71. The minimum Gasteiger partial charge on any atom is -0.497 e. The fourth-order valence-electron chi connectivity index (χ4n) is 2.37. The van der Waals surface area contributed by atoms with Crippen LogP contribution in [0.15, 0.2) is 24.3 Å². The summed E-state index contributed by atoms with van der Waals surface area (Å²) in [5.41, 5.74) is 6.88. The molecular formula is C13H20N2O3. The molecule has 0 radical (unpaired) electrons. The summed E-state index contributed by atoms with van der Waals surface area (Å²) < 4.78 is 5.12. The predicted molar refractivity (Wildman–Crippen MR) is 68.4 cm³/mol. The van der Waals surface area contributed by atoms with Gasteiger partial charge in [-0.15, -0.1) is 0 Å². The Morgan fingerprint density at radius 2 is 1.83 bits per heavy atom. The van der Waals surface area contributed by atoms with E-state index in [2.05, 4.69) is 0 Å². The molecule has 1 aromatic rings. The SMILES string of the molecule is COc1ccc(C(CN)N2CC(O)C(O)C2)cc1. The Bertz CT molecular complexity index is 372. The number of rotatable bonds is 4. The van der Waals surface area contributed by atoms with E-state index in [-0.39, 0.29) is 6.04 Å². The zero-order valence-electron chi connectivity index (χ0n) is 10.5. The monoisotopic (exact) mass is 252 g/mol. The Kier molecular flexibility index (Phi) is 4.19. The van der Waals surface area contributed by atoms with Crippen LogP contribution in [0, 0.1) is 0 Å². The molecule has 0 spiro atoms. The average molecular weight is 252 g/mol. The summed E-state index contributed by atoms with van der Waals surface area (Å²) in [6, 6.07) is 7.73. The lowest BCUT2D eigenvalue weighted by Gasteiger charge is -2.26.